The van der Waals surface area contributed by atoms with Gasteiger partial charge in [0.25, 0.3) is 0 Å². The first kappa shape index (κ1) is 21.1. The monoisotopic (exact) mass is 404 g/mol. The Morgan fingerprint density at radius 1 is 0.926 bits per heavy atom. The smallest absolute Gasteiger partial charge is 0.339 e. The maximum Gasteiger partial charge on any atom is 0.406 e. The van der Waals surface area contributed by atoms with Crippen LogP contribution < -0.4 is 5.32 Å². The molecule has 1 N–H and O–H groups in total. The van der Waals surface area contributed by atoms with Gasteiger partial charge in [-0.1, -0.05) is 0 Å². The number of carbonyl (C=O) groups is 3. The molecule has 154 valence electrons. The van der Waals surface area contributed by atoms with E-state index in [1.165, 1.54) is 4.90 Å². The molecule has 13 heteroatoms. The van der Waals surface area contributed by atoms with Crippen LogP contribution in [0.15, 0.2) is 0 Å². The number of alkyl halides is 6. The van der Waals surface area contributed by atoms with Crippen LogP contribution in [0.5, 0.6) is 0 Å². The van der Waals surface area contributed by atoms with Crippen molar-refractivity contribution in [2.75, 3.05) is 39.3 Å². The van der Waals surface area contributed by atoms with Crippen molar-refractivity contribution in [2.45, 2.75) is 31.2 Å². The minimum absolute atomic E-state index is 0.0324. The molecule has 0 bridgehead atoms. The van der Waals surface area contributed by atoms with Crippen molar-refractivity contribution < 1.29 is 40.7 Å². The Balaban J connectivity index is 1.80. The number of nitrogens with zero attached hydrogens (tertiary/aromatic N) is 3. The van der Waals surface area contributed by atoms with Crippen LogP contribution >= 0.6 is 0 Å². The molecule has 27 heavy (non-hydrogen) atoms. The van der Waals surface area contributed by atoms with Crippen molar-refractivity contribution in [2.24, 2.45) is 0 Å². The Bertz CT molecular complexity index is 586. The van der Waals surface area contributed by atoms with Crippen molar-refractivity contribution in [3.8, 4) is 0 Å². The van der Waals surface area contributed by atoms with Crippen LogP contribution in [0.4, 0.5) is 31.1 Å². The zero-order valence-electron chi connectivity index (χ0n) is 14.1. The molecule has 7 nitrogen and oxygen atoms in total. The lowest BCUT2D eigenvalue weighted by molar-refractivity contribution is -0.162. The quantitative estimate of drug-likeness (QED) is 0.713. The summed E-state index contributed by atoms with van der Waals surface area (Å²) in [5, 5.41) is 2.34. The van der Waals surface area contributed by atoms with E-state index in [0.717, 1.165) is 4.90 Å². The lowest BCUT2D eigenvalue weighted by atomic mass is 10.2. The highest BCUT2D eigenvalue weighted by Crippen LogP contribution is 2.22. The van der Waals surface area contributed by atoms with E-state index >= 15 is 0 Å². The van der Waals surface area contributed by atoms with Gasteiger partial charge in [0, 0.05) is 32.7 Å². The summed E-state index contributed by atoms with van der Waals surface area (Å²) in [7, 11) is 0. The van der Waals surface area contributed by atoms with E-state index in [1.54, 1.807) is 0 Å². The third-order valence-corrected chi connectivity index (χ3v) is 4.24. The number of likely N-dealkylation sites (tertiary alicyclic amines) is 1. The minimum Gasteiger partial charge on any atom is -0.339 e. The fourth-order valence-electron chi connectivity index (χ4n) is 2.93. The predicted molar refractivity (Wildman–Crippen MR) is 78.4 cm³/mol. The number of hydrogen-bond donors (Lipinski definition) is 1. The van der Waals surface area contributed by atoms with Crippen molar-refractivity contribution >= 4 is 17.8 Å². The summed E-state index contributed by atoms with van der Waals surface area (Å²) in [4.78, 5) is 38.4. The number of amides is 4. The fraction of sp³-hybridized carbons (Fsp3) is 0.786. The Morgan fingerprint density at radius 2 is 1.48 bits per heavy atom. The van der Waals surface area contributed by atoms with E-state index in [0.29, 0.717) is 4.90 Å². The zero-order chi connectivity index (χ0) is 20.4. The number of piperazine rings is 1. The first-order chi connectivity index (χ1) is 12.4. The van der Waals surface area contributed by atoms with Gasteiger partial charge in [-0.05, 0) is 6.42 Å². The summed E-state index contributed by atoms with van der Waals surface area (Å²) >= 11 is 0. The standard InChI is InChI=1S/C14H18F6N4O3/c15-13(16,17)7-10(25)22-3-5-23(6-4-22)12(27)21-9-1-2-24(11(9)26)8-14(18,19)20/h9H,1-8H2,(H,21,27). The Hall–Kier alpha value is -2.21. The van der Waals surface area contributed by atoms with Crippen LogP contribution in [0.3, 0.4) is 0 Å². The van der Waals surface area contributed by atoms with E-state index < -0.39 is 49.2 Å². The summed E-state index contributed by atoms with van der Waals surface area (Å²) in [5.41, 5.74) is 0. The van der Waals surface area contributed by atoms with Crippen LogP contribution in [-0.2, 0) is 9.59 Å². The number of rotatable bonds is 3. The number of halogens is 6. The summed E-state index contributed by atoms with van der Waals surface area (Å²) in [6, 6.07) is -1.78. The van der Waals surface area contributed by atoms with Crippen molar-refractivity contribution in [1.29, 1.82) is 0 Å². The number of urea groups is 1. The van der Waals surface area contributed by atoms with Crippen LogP contribution in [0, 0.1) is 0 Å². The molecule has 2 aliphatic heterocycles. The first-order valence-electron chi connectivity index (χ1n) is 8.11. The lowest BCUT2D eigenvalue weighted by Crippen LogP contribution is -2.55. The third kappa shape index (κ3) is 6.17. The Labute approximate surface area is 150 Å². The van der Waals surface area contributed by atoms with Gasteiger partial charge < -0.3 is 20.0 Å². The molecule has 2 aliphatic rings. The molecule has 2 saturated heterocycles. The molecular formula is C14H18F6N4O3. The van der Waals surface area contributed by atoms with E-state index in [9.17, 15) is 40.7 Å². The molecule has 1 unspecified atom stereocenters. The molecular weight excluding hydrogens is 386 g/mol. The lowest BCUT2D eigenvalue weighted by Gasteiger charge is -2.35. The molecule has 0 saturated carbocycles. The molecule has 0 aromatic heterocycles. The van der Waals surface area contributed by atoms with Gasteiger partial charge in [0.05, 0.1) is 0 Å². The maximum atomic E-state index is 12.4. The largest absolute Gasteiger partial charge is 0.406 e. The van der Waals surface area contributed by atoms with Gasteiger partial charge in [-0.3, -0.25) is 9.59 Å². The molecule has 1 atom stereocenters. The van der Waals surface area contributed by atoms with E-state index in [1.807, 2.05) is 0 Å². The first-order valence-corrected chi connectivity index (χ1v) is 8.11. The summed E-state index contributed by atoms with van der Waals surface area (Å²) in [5.74, 6) is -1.92. The van der Waals surface area contributed by atoms with E-state index in [-0.39, 0.29) is 39.1 Å². The molecule has 2 fully saturated rings. The summed E-state index contributed by atoms with van der Waals surface area (Å²) in [6.45, 7) is -1.80. The van der Waals surface area contributed by atoms with Gasteiger partial charge in [0.2, 0.25) is 11.8 Å². The van der Waals surface area contributed by atoms with Gasteiger partial charge in [0.1, 0.15) is 19.0 Å². The van der Waals surface area contributed by atoms with Gasteiger partial charge in [0.15, 0.2) is 0 Å². The molecule has 0 aliphatic carbocycles. The van der Waals surface area contributed by atoms with E-state index in [4.69, 9.17) is 0 Å². The SMILES string of the molecule is O=C(CC(F)(F)F)N1CCN(C(=O)NC2CCN(CC(F)(F)F)C2=O)CC1. The highest BCUT2D eigenvalue weighted by molar-refractivity contribution is 5.88. The van der Waals surface area contributed by atoms with Crippen molar-refractivity contribution in [3.05, 3.63) is 0 Å². The van der Waals surface area contributed by atoms with Crippen molar-refractivity contribution in [3.63, 3.8) is 0 Å². The minimum atomic E-state index is -4.61. The number of nitrogens with one attached hydrogen (secondary N) is 1. The molecule has 0 aromatic carbocycles. The Morgan fingerprint density at radius 3 is 2.00 bits per heavy atom. The Kier molecular flexibility index (Phi) is 6.10. The number of carbonyl (C=O) groups excluding carboxylic acids is 3. The zero-order valence-corrected chi connectivity index (χ0v) is 14.1. The average Bonchev–Trinajstić information content (AvgIpc) is 2.85. The molecule has 2 heterocycles. The summed E-state index contributed by atoms with van der Waals surface area (Å²) in [6.07, 6.45) is -10.7. The van der Waals surface area contributed by atoms with Crippen molar-refractivity contribution in [1.82, 2.24) is 20.0 Å². The summed E-state index contributed by atoms with van der Waals surface area (Å²) < 4.78 is 73.8. The molecule has 0 spiro atoms. The molecule has 2 rings (SSSR count). The highest BCUT2D eigenvalue weighted by atomic mass is 19.4. The molecule has 0 radical (unpaired) electrons. The fourth-order valence-corrected chi connectivity index (χ4v) is 2.93. The highest BCUT2D eigenvalue weighted by Gasteiger charge is 2.40. The predicted octanol–water partition coefficient (Wildman–Crippen LogP) is 0.956. The third-order valence-electron chi connectivity index (χ3n) is 4.24. The topological polar surface area (TPSA) is 73.0 Å². The van der Waals surface area contributed by atoms with Crippen LogP contribution in [0.1, 0.15) is 12.8 Å². The number of hydrogen-bond acceptors (Lipinski definition) is 3. The molecule has 4 amide bonds. The average molecular weight is 404 g/mol. The van der Waals surface area contributed by atoms with Gasteiger partial charge >= 0.3 is 18.4 Å². The maximum absolute atomic E-state index is 12.4. The van der Waals surface area contributed by atoms with Crippen LogP contribution in [-0.4, -0.2) is 90.2 Å². The van der Waals surface area contributed by atoms with Crippen LogP contribution in [0.2, 0.25) is 0 Å². The van der Waals surface area contributed by atoms with Gasteiger partial charge in [-0.2, -0.15) is 26.3 Å². The molecule has 0 aromatic rings. The van der Waals surface area contributed by atoms with Gasteiger partial charge in [-0.25, -0.2) is 4.79 Å². The second-order valence-electron chi connectivity index (χ2n) is 6.33. The normalized spacial score (nSPS) is 21.6. The second kappa shape index (κ2) is 7.80. The van der Waals surface area contributed by atoms with E-state index in [2.05, 4.69) is 5.32 Å². The van der Waals surface area contributed by atoms with Crippen LogP contribution in [0.25, 0.3) is 0 Å². The second-order valence-corrected chi connectivity index (χ2v) is 6.33. The van der Waals surface area contributed by atoms with Gasteiger partial charge in [-0.15, -0.1) is 0 Å².